The standard InChI is InChI=1S/C12H12O2/c1-12(8-13)7-6-9-4-2-3-5-10(9)11(12)14/h2-5,8H,6-7H2,1H3. The number of aryl methyl sites for hydroxylation is 1. The van der Waals surface area contributed by atoms with Gasteiger partial charge in [0.15, 0.2) is 5.78 Å². The first-order valence-electron chi connectivity index (χ1n) is 4.76. The summed E-state index contributed by atoms with van der Waals surface area (Å²) in [4.78, 5) is 22.8. The van der Waals surface area contributed by atoms with E-state index < -0.39 is 5.41 Å². The van der Waals surface area contributed by atoms with Crippen molar-refractivity contribution in [2.45, 2.75) is 19.8 Å². The van der Waals surface area contributed by atoms with Gasteiger partial charge < -0.3 is 4.79 Å². The van der Waals surface area contributed by atoms with Crippen molar-refractivity contribution in [2.24, 2.45) is 5.41 Å². The number of hydrogen-bond donors (Lipinski definition) is 0. The van der Waals surface area contributed by atoms with E-state index in [0.29, 0.717) is 12.0 Å². The Morgan fingerprint density at radius 2 is 2.07 bits per heavy atom. The van der Waals surface area contributed by atoms with Gasteiger partial charge in [0, 0.05) is 5.56 Å². The summed E-state index contributed by atoms with van der Waals surface area (Å²) < 4.78 is 0. The van der Waals surface area contributed by atoms with Crippen LogP contribution in [0.15, 0.2) is 24.3 Å². The molecular formula is C12H12O2. The van der Waals surface area contributed by atoms with Gasteiger partial charge in [-0.3, -0.25) is 4.79 Å². The fourth-order valence-corrected chi connectivity index (χ4v) is 1.89. The lowest BCUT2D eigenvalue weighted by Crippen LogP contribution is -2.34. The number of carbonyl (C=O) groups is 2. The monoisotopic (exact) mass is 188 g/mol. The maximum absolute atomic E-state index is 11.9. The predicted octanol–water partition coefficient (Wildman–Crippen LogP) is 2.02. The van der Waals surface area contributed by atoms with Crippen LogP contribution in [0, 0.1) is 5.41 Å². The molecule has 0 N–H and O–H groups in total. The van der Waals surface area contributed by atoms with Gasteiger partial charge in [-0.1, -0.05) is 24.3 Å². The van der Waals surface area contributed by atoms with Crippen LogP contribution in [0.3, 0.4) is 0 Å². The number of rotatable bonds is 1. The Labute approximate surface area is 82.9 Å². The molecule has 1 aliphatic rings. The van der Waals surface area contributed by atoms with Crippen molar-refractivity contribution in [1.82, 2.24) is 0 Å². The van der Waals surface area contributed by atoms with Crippen molar-refractivity contribution in [3.63, 3.8) is 0 Å². The molecule has 0 fully saturated rings. The number of hydrogen-bond acceptors (Lipinski definition) is 2. The second-order valence-corrected chi connectivity index (χ2v) is 4.02. The number of benzene rings is 1. The highest BCUT2D eigenvalue weighted by Gasteiger charge is 2.37. The number of ketones is 1. The van der Waals surface area contributed by atoms with E-state index in [9.17, 15) is 9.59 Å². The largest absolute Gasteiger partial charge is 0.302 e. The second-order valence-electron chi connectivity index (χ2n) is 4.02. The van der Waals surface area contributed by atoms with Crippen LogP contribution in [0.4, 0.5) is 0 Å². The van der Waals surface area contributed by atoms with Gasteiger partial charge in [-0.05, 0) is 25.3 Å². The maximum Gasteiger partial charge on any atom is 0.176 e. The zero-order valence-corrected chi connectivity index (χ0v) is 8.12. The van der Waals surface area contributed by atoms with E-state index in [1.165, 1.54) is 0 Å². The molecule has 1 aliphatic carbocycles. The molecule has 0 saturated carbocycles. The molecule has 14 heavy (non-hydrogen) atoms. The molecule has 0 spiro atoms. The smallest absolute Gasteiger partial charge is 0.176 e. The quantitative estimate of drug-likeness (QED) is 0.499. The third-order valence-electron chi connectivity index (χ3n) is 2.95. The summed E-state index contributed by atoms with van der Waals surface area (Å²) in [7, 11) is 0. The molecule has 72 valence electrons. The van der Waals surface area contributed by atoms with Gasteiger partial charge in [0.1, 0.15) is 6.29 Å². The lowest BCUT2D eigenvalue weighted by atomic mass is 9.73. The Morgan fingerprint density at radius 3 is 2.79 bits per heavy atom. The maximum atomic E-state index is 11.9. The number of fused-ring (bicyclic) bond motifs is 1. The average Bonchev–Trinajstić information content (AvgIpc) is 2.24. The normalized spacial score (nSPS) is 25.6. The summed E-state index contributed by atoms with van der Waals surface area (Å²) in [6, 6.07) is 7.53. The highest BCUT2D eigenvalue weighted by molar-refractivity contribution is 6.10. The molecule has 0 bridgehead atoms. The fourth-order valence-electron chi connectivity index (χ4n) is 1.89. The molecule has 1 atom stereocenters. The van der Waals surface area contributed by atoms with E-state index in [1.807, 2.05) is 18.2 Å². The van der Waals surface area contributed by atoms with Crippen LogP contribution in [0.2, 0.25) is 0 Å². The Hall–Kier alpha value is -1.44. The Kier molecular flexibility index (Phi) is 1.99. The topological polar surface area (TPSA) is 34.1 Å². The van der Waals surface area contributed by atoms with E-state index in [1.54, 1.807) is 13.0 Å². The molecule has 0 heterocycles. The van der Waals surface area contributed by atoms with Gasteiger partial charge in [0.05, 0.1) is 5.41 Å². The summed E-state index contributed by atoms with van der Waals surface area (Å²) >= 11 is 0. The van der Waals surface area contributed by atoms with Crippen LogP contribution in [-0.2, 0) is 11.2 Å². The van der Waals surface area contributed by atoms with Crippen molar-refractivity contribution >= 4 is 12.1 Å². The number of aldehydes is 1. The number of carbonyl (C=O) groups excluding carboxylic acids is 2. The van der Waals surface area contributed by atoms with Gasteiger partial charge in [-0.15, -0.1) is 0 Å². The van der Waals surface area contributed by atoms with Crippen molar-refractivity contribution in [3.8, 4) is 0 Å². The van der Waals surface area contributed by atoms with E-state index >= 15 is 0 Å². The van der Waals surface area contributed by atoms with Crippen molar-refractivity contribution < 1.29 is 9.59 Å². The summed E-state index contributed by atoms with van der Waals surface area (Å²) in [6.45, 7) is 1.72. The van der Waals surface area contributed by atoms with Crippen molar-refractivity contribution in [1.29, 1.82) is 0 Å². The summed E-state index contributed by atoms with van der Waals surface area (Å²) in [5, 5.41) is 0. The zero-order valence-electron chi connectivity index (χ0n) is 8.12. The average molecular weight is 188 g/mol. The molecule has 2 nitrogen and oxygen atoms in total. The van der Waals surface area contributed by atoms with Gasteiger partial charge in [0.2, 0.25) is 0 Å². The molecule has 0 aliphatic heterocycles. The van der Waals surface area contributed by atoms with E-state index in [2.05, 4.69) is 0 Å². The van der Waals surface area contributed by atoms with Gasteiger partial charge in [-0.2, -0.15) is 0 Å². The molecule has 0 aromatic heterocycles. The minimum absolute atomic E-state index is 0.0330. The Balaban J connectivity index is 2.51. The molecule has 1 aromatic carbocycles. The predicted molar refractivity (Wildman–Crippen MR) is 53.3 cm³/mol. The first kappa shape index (κ1) is 9.13. The van der Waals surface area contributed by atoms with E-state index in [-0.39, 0.29) is 5.78 Å². The molecule has 1 aromatic rings. The van der Waals surface area contributed by atoms with Gasteiger partial charge >= 0.3 is 0 Å². The van der Waals surface area contributed by atoms with Gasteiger partial charge in [0.25, 0.3) is 0 Å². The SMILES string of the molecule is CC1(C=O)CCc2ccccc2C1=O. The third kappa shape index (κ3) is 1.18. The molecule has 0 saturated heterocycles. The second kappa shape index (κ2) is 3.05. The van der Waals surface area contributed by atoms with Crippen LogP contribution in [0.5, 0.6) is 0 Å². The summed E-state index contributed by atoms with van der Waals surface area (Å²) in [6.07, 6.45) is 2.23. The lowest BCUT2D eigenvalue weighted by molar-refractivity contribution is -0.113. The number of Topliss-reactive ketones (excluding diaryl/α,β-unsaturated/α-hetero) is 1. The fraction of sp³-hybridized carbons (Fsp3) is 0.333. The van der Waals surface area contributed by atoms with Crippen LogP contribution in [-0.4, -0.2) is 12.1 Å². The first-order valence-corrected chi connectivity index (χ1v) is 4.76. The Bertz CT molecular complexity index is 395. The summed E-state index contributed by atoms with van der Waals surface area (Å²) in [5.41, 5.74) is 0.985. The van der Waals surface area contributed by atoms with Crippen LogP contribution in [0.25, 0.3) is 0 Å². The van der Waals surface area contributed by atoms with E-state index in [4.69, 9.17) is 0 Å². The minimum atomic E-state index is -0.797. The van der Waals surface area contributed by atoms with Crippen LogP contribution in [0.1, 0.15) is 29.3 Å². The third-order valence-corrected chi connectivity index (χ3v) is 2.95. The van der Waals surface area contributed by atoms with E-state index in [0.717, 1.165) is 18.3 Å². The summed E-state index contributed by atoms with van der Waals surface area (Å²) in [5.74, 6) is -0.0330. The highest BCUT2D eigenvalue weighted by atomic mass is 16.1. The van der Waals surface area contributed by atoms with Crippen LogP contribution >= 0.6 is 0 Å². The van der Waals surface area contributed by atoms with Crippen molar-refractivity contribution in [3.05, 3.63) is 35.4 Å². The molecular weight excluding hydrogens is 176 g/mol. The first-order chi connectivity index (χ1) is 6.67. The zero-order chi connectivity index (χ0) is 10.2. The molecule has 0 radical (unpaired) electrons. The molecule has 2 rings (SSSR count). The lowest BCUT2D eigenvalue weighted by Gasteiger charge is -2.27. The van der Waals surface area contributed by atoms with Crippen LogP contribution < -0.4 is 0 Å². The molecule has 0 amide bonds. The van der Waals surface area contributed by atoms with Gasteiger partial charge in [-0.25, -0.2) is 0 Å². The molecule has 1 unspecified atom stereocenters. The Morgan fingerprint density at radius 1 is 1.36 bits per heavy atom. The van der Waals surface area contributed by atoms with Crippen molar-refractivity contribution in [2.75, 3.05) is 0 Å². The highest BCUT2D eigenvalue weighted by Crippen LogP contribution is 2.33. The molecule has 2 heteroatoms. The minimum Gasteiger partial charge on any atom is -0.302 e.